The minimum Gasteiger partial charge on any atom is -0.506 e. The second kappa shape index (κ2) is 5.09. The van der Waals surface area contributed by atoms with Crippen molar-refractivity contribution in [2.24, 2.45) is 4.99 Å². The van der Waals surface area contributed by atoms with Crippen LogP contribution in [0.5, 0.6) is 0 Å². The standard InChI is InChI=1S/C16H12N2O2/c19-15-12-6-1-2-7-13(12)16(20)14(15)10-17-9-11-5-3-4-8-18-11/h1-8,10,19H,9H2. The molecule has 0 saturated heterocycles. The summed E-state index contributed by atoms with van der Waals surface area (Å²) in [5, 5.41) is 10.1. The summed E-state index contributed by atoms with van der Waals surface area (Å²) in [5.41, 5.74) is 2.13. The second-order valence-electron chi connectivity index (χ2n) is 4.43. The van der Waals surface area contributed by atoms with Crippen LogP contribution in [0.3, 0.4) is 0 Å². The first-order valence-electron chi connectivity index (χ1n) is 6.24. The van der Waals surface area contributed by atoms with Crippen LogP contribution in [-0.2, 0) is 6.54 Å². The monoisotopic (exact) mass is 264 g/mol. The van der Waals surface area contributed by atoms with Gasteiger partial charge >= 0.3 is 0 Å². The topological polar surface area (TPSA) is 62.5 Å². The maximum Gasteiger partial charge on any atom is 0.199 e. The van der Waals surface area contributed by atoms with Crippen LogP contribution >= 0.6 is 0 Å². The van der Waals surface area contributed by atoms with Gasteiger partial charge in [0.05, 0.1) is 17.8 Å². The third-order valence-electron chi connectivity index (χ3n) is 3.13. The van der Waals surface area contributed by atoms with Crippen LogP contribution in [0.2, 0.25) is 0 Å². The number of allylic oxidation sites excluding steroid dienone is 1. The molecule has 1 aromatic carbocycles. The molecule has 0 fully saturated rings. The van der Waals surface area contributed by atoms with E-state index in [1.807, 2.05) is 18.2 Å². The fraction of sp³-hybridized carbons (Fsp3) is 0.0625. The molecule has 1 aliphatic rings. The molecule has 1 aromatic heterocycles. The molecule has 1 aliphatic carbocycles. The average Bonchev–Trinajstić information content (AvgIpc) is 2.74. The zero-order chi connectivity index (χ0) is 13.9. The molecular weight excluding hydrogens is 252 g/mol. The number of carbonyl (C=O) groups excluding carboxylic acids is 1. The summed E-state index contributed by atoms with van der Waals surface area (Å²) in [4.78, 5) is 20.4. The fourth-order valence-corrected chi connectivity index (χ4v) is 2.13. The number of nitrogens with zero attached hydrogens (tertiary/aromatic N) is 2. The van der Waals surface area contributed by atoms with Gasteiger partial charge in [0.1, 0.15) is 5.76 Å². The summed E-state index contributed by atoms with van der Waals surface area (Å²) in [6, 6.07) is 12.6. The normalized spacial score (nSPS) is 14.1. The first-order chi connectivity index (χ1) is 9.77. The number of aliphatic hydroxyl groups excluding tert-OH is 1. The minimum absolute atomic E-state index is 0.00429. The molecule has 0 saturated carbocycles. The molecule has 4 heteroatoms. The number of aromatic nitrogens is 1. The zero-order valence-electron chi connectivity index (χ0n) is 10.7. The molecule has 98 valence electrons. The van der Waals surface area contributed by atoms with Gasteiger partial charge in [-0.3, -0.25) is 14.8 Å². The van der Waals surface area contributed by atoms with Crippen LogP contribution in [0.15, 0.2) is 59.2 Å². The van der Waals surface area contributed by atoms with Crippen molar-refractivity contribution in [2.45, 2.75) is 6.54 Å². The van der Waals surface area contributed by atoms with Crippen molar-refractivity contribution >= 4 is 17.8 Å². The Kier molecular flexibility index (Phi) is 3.13. The van der Waals surface area contributed by atoms with Gasteiger partial charge in [0.25, 0.3) is 0 Å². The van der Waals surface area contributed by atoms with Gasteiger partial charge in [-0.1, -0.05) is 30.3 Å². The lowest BCUT2D eigenvalue weighted by atomic mass is 10.1. The second-order valence-corrected chi connectivity index (χ2v) is 4.43. The van der Waals surface area contributed by atoms with Gasteiger partial charge in [0, 0.05) is 23.5 Å². The third-order valence-corrected chi connectivity index (χ3v) is 3.13. The molecule has 0 aliphatic heterocycles. The van der Waals surface area contributed by atoms with Gasteiger partial charge in [0.15, 0.2) is 5.78 Å². The molecular formula is C16H12N2O2. The summed E-state index contributed by atoms with van der Waals surface area (Å²) in [7, 11) is 0. The number of hydrogen-bond donors (Lipinski definition) is 1. The number of pyridine rings is 1. The molecule has 1 N–H and O–H groups in total. The Morgan fingerprint density at radius 2 is 1.85 bits per heavy atom. The Bertz CT molecular complexity index is 718. The lowest BCUT2D eigenvalue weighted by molar-refractivity contribution is 0.104. The Hall–Kier alpha value is -2.75. The number of fused-ring (bicyclic) bond motifs is 1. The largest absolute Gasteiger partial charge is 0.506 e. The molecule has 3 rings (SSSR count). The van der Waals surface area contributed by atoms with Gasteiger partial charge in [-0.15, -0.1) is 0 Å². The maximum absolute atomic E-state index is 12.1. The first-order valence-corrected chi connectivity index (χ1v) is 6.24. The highest BCUT2D eigenvalue weighted by Crippen LogP contribution is 2.29. The van der Waals surface area contributed by atoms with E-state index in [4.69, 9.17) is 0 Å². The molecule has 0 spiro atoms. The molecule has 0 unspecified atom stereocenters. The number of rotatable bonds is 3. The summed E-state index contributed by atoms with van der Waals surface area (Å²) in [6.45, 7) is 0.376. The summed E-state index contributed by atoms with van der Waals surface area (Å²) < 4.78 is 0. The average molecular weight is 264 g/mol. The summed E-state index contributed by atoms with van der Waals surface area (Å²) in [6.07, 6.45) is 3.12. The number of aliphatic imine (C=N–C) groups is 1. The smallest absolute Gasteiger partial charge is 0.199 e. The number of carbonyl (C=O) groups is 1. The highest BCUT2D eigenvalue weighted by atomic mass is 16.3. The number of Topliss-reactive ketones (excluding diaryl/α,β-unsaturated/α-hetero) is 1. The van der Waals surface area contributed by atoms with Gasteiger partial charge in [0.2, 0.25) is 0 Å². The molecule has 0 amide bonds. The Balaban J connectivity index is 1.82. The van der Waals surface area contributed by atoms with Crippen LogP contribution < -0.4 is 0 Å². The number of aliphatic hydroxyl groups is 1. The Morgan fingerprint density at radius 1 is 1.10 bits per heavy atom. The van der Waals surface area contributed by atoms with Crippen LogP contribution in [0.1, 0.15) is 21.6 Å². The lowest BCUT2D eigenvalue weighted by Gasteiger charge is -1.95. The summed E-state index contributed by atoms with van der Waals surface area (Å²) >= 11 is 0. The van der Waals surface area contributed by atoms with E-state index in [1.165, 1.54) is 6.21 Å². The molecule has 0 bridgehead atoms. The van der Waals surface area contributed by atoms with E-state index < -0.39 is 0 Å². The van der Waals surface area contributed by atoms with Gasteiger partial charge in [-0.05, 0) is 12.1 Å². The quantitative estimate of drug-likeness (QED) is 0.867. The van der Waals surface area contributed by atoms with Crippen molar-refractivity contribution in [3.63, 3.8) is 0 Å². The van der Waals surface area contributed by atoms with Gasteiger partial charge in [-0.2, -0.15) is 0 Å². The molecule has 2 aromatic rings. The predicted octanol–water partition coefficient (Wildman–Crippen LogP) is 2.82. The zero-order valence-corrected chi connectivity index (χ0v) is 10.7. The predicted molar refractivity (Wildman–Crippen MR) is 76.8 cm³/mol. The van der Waals surface area contributed by atoms with E-state index in [0.29, 0.717) is 17.7 Å². The number of hydrogen-bond acceptors (Lipinski definition) is 4. The third kappa shape index (κ3) is 2.12. The number of benzene rings is 1. The molecule has 20 heavy (non-hydrogen) atoms. The van der Waals surface area contributed by atoms with Gasteiger partial charge < -0.3 is 5.11 Å². The van der Waals surface area contributed by atoms with Gasteiger partial charge in [-0.25, -0.2) is 0 Å². The van der Waals surface area contributed by atoms with E-state index in [9.17, 15) is 9.90 Å². The van der Waals surface area contributed by atoms with Crippen LogP contribution in [0, 0.1) is 0 Å². The SMILES string of the molecule is O=C1C(C=NCc2ccccn2)=C(O)c2ccccc21. The lowest BCUT2D eigenvalue weighted by Crippen LogP contribution is -2.00. The highest BCUT2D eigenvalue weighted by Gasteiger charge is 2.27. The first kappa shape index (κ1) is 12.3. The minimum atomic E-state index is -0.192. The Morgan fingerprint density at radius 3 is 2.55 bits per heavy atom. The van der Waals surface area contributed by atoms with E-state index in [1.54, 1.807) is 30.5 Å². The van der Waals surface area contributed by atoms with Crippen molar-refractivity contribution in [1.82, 2.24) is 4.98 Å². The van der Waals surface area contributed by atoms with Crippen LogP contribution in [0.25, 0.3) is 5.76 Å². The summed E-state index contributed by atoms with van der Waals surface area (Å²) in [5.74, 6) is -0.196. The maximum atomic E-state index is 12.1. The number of ketones is 1. The van der Waals surface area contributed by atoms with Crippen LogP contribution in [-0.4, -0.2) is 22.1 Å². The molecule has 0 atom stereocenters. The fourth-order valence-electron chi connectivity index (χ4n) is 2.13. The van der Waals surface area contributed by atoms with E-state index in [0.717, 1.165) is 5.69 Å². The van der Waals surface area contributed by atoms with Crippen molar-refractivity contribution < 1.29 is 9.90 Å². The highest BCUT2D eigenvalue weighted by molar-refractivity contribution is 6.30. The van der Waals surface area contributed by atoms with E-state index in [2.05, 4.69) is 9.98 Å². The van der Waals surface area contributed by atoms with Crippen molar-refractivity contribution in [1.29, 1.82) is 0 Å². The molecule has 0 radical (unpaired) electrons. The van der Waals surface area contributed by atoms with E-state index in [-0.39, 0.29) is 17.1 Å². The van der Waals surface area contributed by atoms with Crippen molar-refractivity contribution in [2.75, 3.05) is 0 Å². The van der Waals surface area contributed by atoms with Crippen molar-refractivity contribution in [3.8, 4) is 0 Å². The molecule has 4 nitrogen and oxygen atoms in total. The van der Waals surface area contributed by atoms with Crippen molar-refractivity contribution in [3.05, 3.63) is 71.1 Å². The Labute approximate surface area is 116 Å². The molecule has 1 heterocycles. The van der Waals surface area contributed by atoms with Crippen LogP contribution in [0.4, 0.5) is 0 Å². The van der Waals surface area contributed by atoms with E-state index >= 15 is 0 Å².